The van der Waals surface area contributed by atoms with Crippen molar-refractivity contribution in [3.05, 3.63) is 60.2 Å². The van der Waals surface area contributed by atoms with Gasteiger partial charge in [-0.05, 0) is 29.0 Å². The fourth-order valence-electron chi connectivity index (χ4n) is 2.79. The molecule has 0 saturated carbocycles. The smallest absolute Gasteiger partial charge is 0.0613 e. The SMILES string of the molecule is CCCCC(CC)C(Cl)c1ccc(-c2ccccc2)cc1. The summed E-state index contributed by atoms with van der Waals surface area (Å²) >= 11 is 6.71. The molecule has 2 atom stereocenters. The van der Waals surface area contributed by atoms with Gasteiger partial charge in [-0.1, -0.05) is 87.7 Å². The number of alkyl halides is 1. The highest BCUT2D eigenvalue weighted by atomic mass is 35.5. The van der Waals surface area contributed by atoms with Crippen LogP contribution in [0, 0.1) is 5.92 Å². The first-order chi connectivity index (χ1) is 10.3. The van der Waals surface area contributed by atoms with Crippen molar-refractivity contribution < 1.29 is 0 Å². The summed E-state index contributed by atoms with van der Waals surface area (Å²) in [7, 11) is 0. The predicted molar refractivity (Wildman–Crippen MR) is 93.8 cm³/mol. The molecule has 0 aliphatic carbocycles. The number of hydrogen-bond acceptors (Lipinski definition) is 0. The molecule has 0 saturated heterocycles. The molecule has 0 amide bonds. The zero-order valence-electron chi connectivity index (χ0n) is 13.1. The summed E-state index contributed by atoms with van der Waals surface area (Å²) in [5.41, 5.74) is 3.76. The van der Waals surface area contributed by atoms with E-state index in [1.165, 1.54) is 36.0 Å². The van der Waals surface area contributed by atoms with Crippen LogP contribution in [0.1, 0.15) is 50.5 Å². The summed E-state index contributed by atoms with van der Waals surface area (Å²) < 4.78 is 0. The third kappa shape index (κ3) is 4.35. The number of rotatable bonds is 7. The number of unbranched alkanes of at least 4 members (excludes halogenated alkanes) is 1. The molecule has 2 aromatic rings. The fourth-order valence-corrected chi connectivity index (χ4v) is 3.24. The van der Waals surface area contributed by atoms with Gasteiger partial charge in [-0.3, -0.25) is 0 Å². The lowest BCUT2D eigenvalue weighted by Gasteiger charge is -2.21. The largest absolute Gasteiger partial charge is 0.118 e. The van der Waals surface area contributed by atoms with Crippen LogP contribution in [-0.2, 0) is 0 Å². The van der Waals surface area contributed by atoms with Gasteiger partial charge in [0.15, 0.2) is 0 Å². The zero-order valence-corrected chi connectivity index (χ0v) is 13.8. The Labute approximate surface area is 134 Å². The molecule has 0 nitrogen and oxygen atoms in total. The van der Waals surface area contributed by atoms with Crippen molar-refractivity contribution in [3.63, 3.8) is 0 Å². The van der Waals surface area contributed by atoms with Crippen LogP contribution in [0.5, 0.6) is 0 Å². The quantitative estimate of drug-likeness (QED) is 0.490. The summed E-state index contributed by atoms with van der Waals surface area (Å²) in [4.78, 5) is 0. The van der Waals surface area contributed by atoms with Gasteiger partial charge in [0.25, 0.3) is 0 Å². The molecule has 0 aromatic heterocycles. The Morgan fingerprint density at radius 2 is 1.48 bits per heavy atom. The average molecular weight is 301 g/mol. The van der Waals surface area contributed by atoms with E-state index in [0.717, 1.165) is 6.42 Å². The second-order valence-electron chi connectivity index (χ2n) is 5.70. The first-order valence-corrected chi connectivity index (χ1v) is 8.49. The number of benzene rings is 2. The molecule has 0 aliphatic heterocycles. The zero-order chi connectivity index (χ0) is 15.1. The molecular formula is C20H25Cl. The Kier molecular flexibility index (Phi) is 6.32. The maximum absolute atomic E-state index is 6.71. The van der Waals surface area contributed by atoms with Crippen LogP contribution in [0.15, 0.2) is 54.6 Å². The van der Waals surface area contributed by atoms with Crippen molar-refractivity contribution in [2.24, 2.45) is 5.92 Å². The summed E-state index contributed by atoms with van der Waals surface area (Å²) in [6.45, 7) is 4.48. The van der Waals surface area contributed by atoms with E-state index in [0.29, 0.717) is 5.92 Å². The van der Waals surface area contributed by atoms with Crippen molar-refractivity contribution in [2.45, 2.75) is 44.9 Å². The maximum Gasteiger partial charge on any atom is 0.0613 e. The monoisotopic (exact) mass is 300 g/mol. The number of halogens is 1. The van der Waals surface area contributed by atoms with Gasteiger partial charge in [0, 0.05) is 0 Å². The highest BCUT2D eigenvalue weighted by molar-refractivity contribution is 6.21. The van der Waals surface area contributed by atoms with Gasteiger partial charge in [-0.15, -0.1) is 11.6 Å². The molecule has 2 unspecified atom stereocenters. The summed E-state index contributed by atoms with van der Waals surface area (Å²) in [5.74, 6) is 0.578. The van der Waals surface area contributed by atoms with Crippen LogP contribution in [0.4, 0.5) is 0 Å². The summed E-state index contributed by atoms with van der Waals surface area (Å²) in [6, 6.07) is 19.2. The third-order valence-electron chi connectivity index (χ3n) is 4.20. The Bertz CT molecular complexity index is 515. The number of hydrogen-bond donors (Lipinski definition) is 0. The van der Waals surface area contributed by atoms with Gasteiger partial charge in [0.05, 0.1) is 5.38 Å². The van der Waals surface area contributed by atoms with Crippen LogP contribution in [0.3, 0.4) is 0 Å². The van der Waals surface area contributed by atoms with Gasteiger partial charge in [0.1, 0.15) is 0 Å². The lowest BCUT2D eigenvalue weighted by atomic mass is 9.90. The van der Waals surface area contributed by atoms with E-state index in [-0.39, 0.29) is 5.38 Å². The molecule has 112 valence electrons. The molecule has 21 heavy (non-hydrogen) atoms. The Balaban J connectivity index is 2.10. The molecule has 2 aromatic carbocycles. The average Bonchev–Trinajstić information content (AvgIpc) is 2.56. The van der Waals surface area contributed by atoms with Crippen LogP contribution in [-0.4, -0.2) is 0 Å². The molecule has 0 spiro atoms. The van der Waals surface area contributed by atoms with E-state index in [4.69, 9.17) is 11.6 Å². The fraction of sp³-hybridized carbons (Fsp3) is 0.400. The van der Waals surface area contributed by atoms with Gasteiger partial charge < -0.3 is 0 Å². The summed E-state index contributed by atoms with van der Waals surface area (Å²) in [6.07, 6.45) is 4.88. The van der Waals surface area contributed by atoms with Crippen molar-refractivity contribution in [1.29, 1.82) is 0 Å². The second kappa shape index (κ2) is 8.24. The van der Waals surface area contributed by atoms with Crippen LogP contribution >= 0.6 is 11.6 Å². The maximum atomic E-state index is 6.71. The molecule has 0 aliphatic rings. The van der Waals surface area contributed by atoms with Crippen LogP contribution < -0.4 is 0 Å². The molecule has 0 heterocycles. The van der Waals surface area contributed by atoms with Gasteiger partial charge in [0.2, 0.25) is 0 Å². The standard InChI is InChI=1S/C20H25Cl/c1-3-5-9-16(4-2)20(21)19-14-12-18(13-15-19)17-10-7-6-8-11-17/h6-8,10-16,20H,3-5,9H2,1-2H3. The Morgan fingerprint density at radius 1 is 0.857 bits per heavy atom. The predicted octanol–water partition coefficient (Wildman–Crippen LogP) is 6.85. The molecule has 0 bridgehead atoms. The third-order valence-corrected chi connectivity index (χ3v) is 4.81. The van der Waals surface area contributed by atoms with Crippen molar-refractivity contribution in [3.8, 4) is 11.1 Å². The molecule has 2 rings (SSSR count). The topological polar surface area (TPSA) is 0 Å². The minimum atomic E-state index is 0.131. The van der Waals surface area contributed by atoms with Gasteiger partial charge >= 0.3 is 0 Å². The van der Waals surface area contributed by atoms with E-state index in [2.05, 4.69) is 62.4 Å². The Hall–Kier alpha value is -1.27. The minimum absolute atomic E-state index is 0.131. The first-order valence-electron chi connectivity index (χ1n) is 8.05. The second-order valence-corrected chi connectivity index (χ2v) is 6.17. The normalized spacial score (nSPS) is 13.9. The van der Waals surface area contributed by atoms with Crippen LogP contribution in [0.2, 0.25) is 0 Å². The van der Waals surface area contributed by atoms with Crippen molar-refractivity contribution in [2.75, 3.05) is 0 Å². The van der Waals surface area contributed by atoms with E-state index in [1.54, 1.807) is 0 Å². The molecule has 0 fully saturated rings. The Morgan fingerprint density at radius 3 is 2.05 bits per heavy atom. The van der Waals surface area contributed by atoms with Gasteiger partial charge in [-0.25, -0.2) is 0 Å². The van der Waals surface area contributed by atoms with Gasteiger partial charge in [-0.2, -0.15) is 0 Å². The summed E-state index contributed by atoms with van der Waals surface area (Å²) in [5, 5.41) is 0.131. The van der Waals surface area contributed by atoms with E-state index in [9.17, 15) is 0 Å². The first kappa shape index (κ1) is 16.1. The molecular weight excluding hydrogens is 276 g/mol. The lowest BCUT2D eigenvalue weighted by molar-refractivity contribution is 0.437. The highest BCUT2D eigenvalue weighted by Crippen LogP contribution is 2.35. The minimum Gasteiger partial charge on any atom is -0.118 e. The van der Waals surface area contributed by atoms with E-state index >= 15 is 0 Å². The molecule has 1 heteroatoms. The highest BCUT2D eigenvalue weighted by Gasteiger charge is 2.18. The van der Waals surface area contributed by atoms with Crippen molar-refractivity contribution in [1.82, 2.24) is 0 Å². The molecule has 0 radical (unpaired) electrons. The van der Waals surface area contributed by atoms with E-state index in [1.807, 2.05) is 6.07 Å². The molecule has 0 N–H and O–H groups in total. The van der Waals surface area contributed by atoms with Crippen LogP contribution in [0.25, 0.3) is 11.1 Å². The van der Waals surface area contributed by atoms with E-state index < -0.39 is 0 Å². The van der Waals surface area contributed by atoms with Crippen molar-refractivity contribution >= 4 is 11.6 Å². The lowest BCUT2D eigenvalue weighted by Crippen LogP contribution is -2.07.